The van der Waals surface area contributed by atoms with Gasteiger partial charge in [0, 0.05) is 13.1 Å². The van der Waals surface area contributed by atoms with Crippen molar-refractivity contribution in [2.75, 3.05) is 19.7 Å². The van der Waals surface area contributed by atoms with Gasteiger partial charge in [0.05, 0.1) is 12.7 Å². The summed E-state index contributed by atoms with van der Waals surface area (Å²) in [7, 11) is 0. The summed E-state index contributed by atoms with van der Waals surface area (Å²) in [5.41, 5.74) is 0.692. The van der Waals surface area contributed by atoms with Crippen LogP contribution in [0, 0.1) is 0 Å². The van der Waals surface area contributed by atoms with Crippen LogP contribution in [-0.2, 0) is 9.53 Å². The minimum Gasteiger partial charge on any atom is -0.450 e. The van der Waals surface area contributed by atoms with Crippen molar-refractivity contribution in [3.63, 3.8) is 0 Å². The molecule has 1 unspecified atom stereocenters. The molecule has 1 saturated heterocycles. The lowest BCUT2D eigenvalue weighted by molar-refractivity contribution is -0.132. The molecule has 2 atom stereocenters. The number of aliphatic hydroxyl groups excluding tert-OH is 1. The molecule has 0 saturated carbocycles. The molecule has 2 rings (SSSR count). The predicted molar refractivity (Wildman–Crippen MR) is 76.5 cm³/mol. The lowest BCUT2D eigenvalue weighted by Crippen LogP contribution is -2.42. The molecule has 1 aliphatic rings. The molecule has 1 fully saturated rings. The number of likely N-dealkylation sites (tertiary alicyclic amines) is 1. The fraction of sp³-hybridized carbons (Fsp3) is 0.467. The number of nitrogens with one attached hydrogen (secondary N) is 1. The average molecular weight is 292 g/mol. The van der Waals surface area contributed by atoms with Gasteiger partial charge in [0.15, 0.2) is 0 Å². The van der Waals surface area contributed by atoms with Crippen molar-refractivity contribution < 1.29 is 19.4 Å². The van der Waals surface area contributed by atoms with Gasteiger partial charge in [0.1, 0.15) is 6.04 Å². The van der Waals surface area contributed by atoms with E-state index in [1.807, 2.05) is 6.07 Å². The van der Waals surface area contributed by atoms with E-state index in [1.54, 1.807) is 36.1 Å². The number of carbonyl (C=O) groups excluding carboxylic acids is 2. The van der Waals surface area contributed by atoms with Crippen molar-refractivity contribution in [3.05, 3.63) is 35.9 Å². The van der Waals surface area contributed by atoms with Crippen molar-refractivity contribution in [3.8, 4) is 0 Å². The molecular weight excluding hydrogens is 272 g/mol. The van der Waals surface area contributed by atoms with Gasteiger partial charge >= 0.3 is 6.09 Å². The minimum absolute atomic E-state index is 0.231. The number of ether oxygens (including phenoxy) is 1. The first-order valence-electron chi connectivity index (χ1n) is 7.07. The first-order chi connectivity index (χ1) is 10.1. The summed E-state index contributed by atoms with van der Waals surface area (Å²) in [6.45, 7) is 2.74. The van der Waals surface area contributed by atoms with E-state index in [-0.39, 0.29) is 12.5 Å². The van der Waals surface area contributed by atoms with E-state index in [2.05, 4.69) is 5.32 Å². The Morgan fingerprint density at radius 1 is 1.43 bits per heavy atom. The van der Waals surface area contributed by atoms with Crippen LogP contribution in [0.25, 0.3) is 0 Å². The molecule has 0 radical (unpaired) electrons. The van der Waals surface area contributed by atoms with Gasteiger partial charge in [-0.05, 0) is 18.9 Å². The summed E-state index contributed by atoms with van der Waals surface area (Å²) in [6, 6.07) is 8.22. The highest BCUT2D eigenvalue weighted by atomic mass is 16.5. The number of alkyl carbamates (subject to hydrolysis) is 1. The summed E-state index contributed by atoms with van der Waals surface area (Å²) >= 11 is 0. The number of hydrogen-bond acceptors (Lipinski definition) is 4. The minimum atomic E-state index is -0.796. The van der Waals surface area contributed by atoms with Crippen LogP contribution in [0.2, 0.25) is 0 Å². The van der Waals surface area contributed by atoms with Gasteiger partial charge in [-0.2, -0.15) is 0 Å². The largest absolute Gasteiger partial charge is 0.450 e. The second kappa shape index (κ2) is 7.08. The maximum absolute atomic E-state index is 12.6. The van der Waals surface area contributed by atoms with Gasteiger partial charge in [-0.3, -0.25) is 4.79 Å². The summed E-state index contributed by atoms with van der Waals surface area (Å²) in [5, 5.41) is 12.2. The number of benzene rings is 1. The predicted octanol–water partition coefficient (Wildman–Crippen LogP) is 1.07. The van der Waals surface area contributed by atoms with Crippen LogP contribution in [0.15, 0.2) is 30.3 Å². The molecule has 1 aromatic carbocycles. The standard InChI is InChI=1S/C15H20N2O4/c1-2-21-15(20)16-13(11-6-4-3-5-7-11)14(19)17-9-8-12(18)10-17/h3-7,12-13,18H,2,8-10H2,1H3,(H,16,20)/t12-,13?/m0/s1. The Hall–Kier alpha value is -2.08. The zero-order valence-electron chi connectivity index (χ0n) is 12.0. The van der Waals surface area contributed by atoms with Crippen LogP contribution in [0.5, 0.6) is 0 Å². The Bertz CT molecular complexity index is 492. The Morgan fingerprint density at radius 3 is 2.71 bits per heavy atom. The number of aliphatic hydroxyl groups is 1. The fourth-order valence-corrected chi connectivity index (χ4v) is 2.35. The number of β-amino-alcohol motifs (C(OH)–C–C–N with tert-alkyl or cyclic N) is 1. The van der Waals surface area contributed by atoms with Crippen molar-refractivity contribution >= 4 is 12.0 Å². The second-order valence-electron chi connectivity index (χ2n) is 4.94. The molecule has 0 bridgehead atoms. The molecule has 0 aromatic heterocycles. The van der Waals surface area contributed by atoms with Crippen LogP contribution >= 0.6 is 0 Å². The number of amides is 2. The summed E-state index contributed by atoms with van der Waals surface area (Å²) < 4.78 is 4.86. The highest BCUT2D eigenvalue weighted by molar-refractivity contribution is 5.87. The Morgan fingerprint density at radius 2 is 2.14 bits per heavy atom. The zero-order valence-corrected chi connectivity index (χ0v) is 12.0. The maximum atomic E-state index is 12.6. The monoisotopic (exact) mass is 292 g/mol. The highest BCUT2D eigenvalue weighted by Crippen LogP contribution is 2.19. The van der Waals surface area contributed by atoms with E-state index in [0.717, 1.165) is 0 Å². The molecule has 6 nitrogen and oxygen atoms in total. The van der Waals surface area contributed by atoms with Crippen LogP contribution in [0.3, 0.4) is 0 Å². The molecule has 2 N–H and O–H groups in total. The van der Waals surface area contributed by atoms with Crippen LogP contribution in [-0.4, -0.2) is 47.8 Å². The van der Waals surface area contributed by atoms with Crippen LogP contribution in [0.4, 0.5) is 4.79 Å². The SMILES string of the molecule is CCOC(=O)NC(C(=O)N1CC[C@H](O)C1)c1ccccc1. The van der Waals surface area contributed by atoms with E-state index in [4.69, 9.17) is 4.74 Å². The van der Waals surface area contributed by atoms with E-state index in [1.165, 1.54) is 0 Å². The normalized spacial score (nSPS) is 19.1. The van der Waals surface area contributed by atoms with E-state index < -0.39 is 18.2 Å². The average Bonchev–Trinajstić information content (AvgIpc) is 2.92. The molecule has 21 heavy (non-hydrogen) atoms. The first-order valence-corrected chi connectivity index (χ1v) is 7.07. The van der Waals surface area contributed by atoms with Gasteiger partial charge in [0.25, 0.3) is 0 Å². The van der Waals surface area contributed by atoms with Crippen molar-refractivity contribution in [1.29, 1.82) is 0 Å². The smallest absolute Gasteiger partial charge is 0.408 e. The Kier molecular flexibility index (Phi) is 5.16. The van der Waals surface area contributed by atoms with Gasteiger partial charge in [-0.15, -0.1) is 0 Å². The molecule has 114 valence electrons. The van der Waals surface area contributed by atoms with Crippen molar-refractivity contribution in [2.45, 2.75) is 25.5 Å². The third kappa shape index (κ3) is 3.95. The molecule has 0 spiro atoms. The van der Waals surface area contributed by atoms with E-state index in [0.29, 0.717) is 25.1 Å². The third-order valence-corrected chi connectivity index (χ3v) is 3.39. The van der Waals surface area contributed by atoms with Crippen molar-refractivity contribution in [2.24, 2.45) is 0 Å². The first kappa shape index (κ1) is 15.3. The highest BCUT2D eigenvalue weighted by Gasteiger charge is 2.32. The Labute approximate surface area is 123 Å². The molecule has 6 heteroatoms. The lowest BCUT2D eigenvalue weighted by Gasteiger charge is -2.24. The van der Waals surface area contributed by atoms with E-state index >= 15 is 0 Å². The molecule has 1 heterocycles. The maximum Gasteiger partial charge on any atom is 0.408 e. The quantitative estimate of drug-likeness (QED) is 0.870. The molecule has 2 amide bonds. The number of rotatable bonds is 4. The summed E-state index contributed by atoms with van der Waals surface area (Å²) in [5.74, 6) is -0.231. The summed E-state index contributed by atoms with van der Waals surface area (Å²) in [6.07, 6.45) is -0.556. The van der Waals surface area contributed by atoms with Crippen LogP contribution in [0.1, 0.15) is 24.9 Å². The van der Waals surface area contributed by atoms with Gasteiger partial charge in [-0.25, -0.2) is 4.79 Å². The number of carbonyl (C=O) groups is 2. The van der Waals surface area contributed by atoms with Gasteiger partial charge < -0.3 is 20.1 Å². The molecular formula is C15H20N2O4. The molecule has 0 aliphatic carbocycles. The topological polar surface area (TPSA) is 78.9 Å². The van der Waals surface area contributed by atoms with Crippen molar-refractivity contribution in [1.82, 2.24) is 10.2 Å². The Balaban J connectivity index is 2.15. The van der Waals surface area contributed by atoms with Crippen LogP contribution < -0.4 is 5.32 Å². The third-order valence-electron chi connectivity index (χ3n) is 3.39. The van der Waals surface area contributed by atoms with E-state index in [9.17, 15) is 14.7 Å². The molecule has 1 aliphatic heterocycles. The number of hydrogen-bond donors (Lipinski definition) is 2. The lowest BCUT2D eigenvalue weighted by atomic mass is 10.1. The summed E-state index contributed by atoms with van der Waals surface area (Å²) in [4.78, 5) is 25.8. The number of nitrogens with zero attached hydrogens (tertiary/aromatic N) is 1. The zero-order chi connectivity index (χ0) is 15.2. The second-order valence-corrected chi connectivity index (χ2v) is 4.94. The van der Waals surface area contributed by atoms with Gasteiger partial charge in [-0.1, -0.05) is 30.3 Å². The molecule has 1 aromatic rings. The van der Waals surface area contributed by atoms with Gasteiger partial charge in [0.2, 0.25) is 5.91 Å². The fourth-order valence-electron chi connectivity index (χ4n) is 2.35.